The Hall–Kier alpha value is -3.40. The number of thiazole rings is 1. The summed E-state index contributed by atoms with van der Waals surface area (Å²) in [6.45, 7) is 0. The Morgan fingerprint density at radius 1 is 1.12 bits per heavy atom. The minimum atomic E-state index is -0.706. The molecule has 0 aliphatic carbocycles. The lowest BCUT2D eigenvalue weighted by molar-refractivity contribution is -0.393. The van der Waals surface area contributed by atoms with E-state index < -0.39 is 15.5 Å². The van der Waals surface area contributed by atoms with E-state index in [1.807, 2.05) is 24.3 Å². The second kappa shape index (κ2) is 6.38. The number of hydrogen-bond acceptors (Lipinski definition) is 8. The second-order valence-corrected chi connectivity index (χ2v) is 5.67. The van der Waals surface area contributed by atoms with Gasteiger partial charge in [-0.25, -0.2) is 4.98 Å². The first-order valence-electron chi connectivity index (χ1n) is 6.62. The van der Waals surface area contributed by atoms with Crippen LogP contribution in [0.25, 0.3) is 10.2 Å². The fourth-order valence-corrected chi connectivity index (χ4v) is 2.82. The highest BCUT2D eigenvalue weighted by atomic mass is 32.1. The van der Waals surface area contributed by atoms with E-state index in [4.69, 9.17) is 0 Å². The normalized spacial score (nSPS) is 11.0. The number of nitrogens with one attached hydrogen (secondary N) is 1. The molecule has 0 spiro atoms. The SMILES string of the molecule is O=[N+]([O-])c1ccc(NN=Cc2nc3ccccc3s2)c([N+](=O)[O-])c1. The van der Waals surface area contributed by atoms with E-state index in [0.717, 1.165) is 16.3 Å². The lowest BCUT2D eigenvalue weighted by atomic mass is 10.2. The molecular formula is C14H9N5O4S. The van der Waals surface area contributed by atoms with Crippen LogP contribution in [0.1, 0.15) is 5.01 Å². The van der Waals surface area contributed by atoms with Crippen molar-refractivity contribution in [3.8, 4) is 0 Å². The molecular weight excluding hydrogens is 334 g/mol. The second-order valence-electron chi connectivity index (χ2n) is 4.61. The third-order valence-corrected chi connectivity index (χ3v) is 4.03. The number of anilines is 1. The van der Waals surface area contributed by atoms with Crippen molar-refractivity contribution < 1.29 is 9.85 Å². The van der Waals surface area contributed by atoms with Crippen molar-refractivity contribution in [2.45, 2.75) is 0 Å². The summed E-state index contributed by atoms with van der Waals surface area (Å²) in [4.78, 5) is 24.7. The van der Waals surface area contributed by atoms with Gasteiger partial charge in [0.1, 0.15) is 10.7 Å². The molecule has 0 bridgehead atoms. The Morgan fingerprint density at radius 3 is 2.62 bits per heavy atom. The molecule has 0 atom stereocenters. The Labute approximate surface area is 138 Å². The van der Waals surface area contributed by atoms with Crippen LogP contribution in [0.15, 0.2) is 47.6 Å². The van der Waals surface area contributed by atoms with E-state index in [0.29, 0.717) is 5.01 Å². The molecule has 10 heteroatoms. The maximum atomic E-state index is 11.0. The van der Waals surface area contributed by atoms with E-state index >= 15 is 0 Å². The van der Waals surface area contributed by atoms with Crippen molar-refractivity contribution in [1.82, 2.24) is 4.98 Å². The van der Waals surface area contributed by atoms with Gasteiger partial charge >= 0.3 is 5.69 Å². The van der Waals surface area contributed by atoms with Crippen LogP contribution in [0, 0.1) is 20.2 Å². The Morgan fingerprint density at radius 2 is 1.92 bits per heavy atom. The van der Waals surface area contributed by atoms with Crippen molar-refractivity contribution in [2.75, 3.05) is 5.43 Å². The number of nitro groups is 2. The Bertz CT molecular complexity index is 936. The quantitative estimate of drug-likeness (QED) is 0.429. The highest BCUT2D eigenvalue weighted by Gasteiger charge is 2.19. The van der Waals surface area contributed by atoms with Gasteiger partial charge in [-0.1, -0.05) is 12.1 Å². The summed E-state index contributed by atoms with van der Waals surface area (Å²) < 4.78 is 1.00. The highest BCUT2D eigenvalue weighted by molar-refractivity contribution is 7.20. The number of nitrogens with zero attached hydrogens (tertiary/aromatic N) is 4. The highest BCUT2D eigenvalue weighted by Crippen LogP contribution is 2.29. The number of nitro benzene ring substituents is 2. The zero-order valence-corrected chi connectivity index (χ0v) is 12.8. The van der Waals surface area contributed by atoms with Crippen LogP contribution >= 0.6 is 11.3 Å². The summed E-state index contributed by atoms with van der Waals surface area (Å²) in [5.41, 5.74) is 2.64. The molecule has 1 aromatic heterocycles. The van der Waals surface area contributed by atoms with Gasteiger partial charge in [0.2, 0.25) is 0 Å². The van der Waals surface area contributed by atoms with Gasteiger partial charge in [-0.15, -0.1) is 11.3 Å². The smallest absolute Gasteiger partial charge is 0.272 e. The van der Waals surface area contributed by atoms with Crippen LogP contribution in [0.2, 0.25) is 0 Å². The van der Waals surface area contributed by atoms with E-state index in [-0.39, 0.29) is 11.4 Å². The molecule has 3 rings (SSSR count). The molecule has 0 radical (unpaired) electrons. The predicted octanol–water partition coefficient (Wildman–Crippen LogP) is 3.56. The molecule has 2 aromatic carbocycles. The Kier molecular flexibility index (Phi) is 4.12. The summed E-state index contributed by atoms with van der Waals surface area (Å²) in [6.07, 6.45) is 1.44. The van der Waals surface area contributed by atoms with Gasteiger partial charge < -0.3 is 0 Å². The fourth-order valence-electron chi connectivity index (χ4n) is 1.98. The van der Waals surface area contributed by atoms with E-state index in [2.05, 4.69) is 15.5 Å². The van der Waals surface area contributed by atoms with E-state index in [1.54, 1.807) is 0 Å². The number of aromatic nitrogens is 1. The third kappa shape index (κ3) is 3.17. The minimum absolute atomic E-state index is 0.0583. The topological polar surface area (TPSA) is 124 Å². The summed E-state index contributed by atoms with van der Waals surface area (Å²) in [5, 5.41) is 26.3. The van der Waals surface area contributed by atoms with Gasteiger partial charge in [0.15, 0.2) is 0 Å². The summed E-state index contributed by atoms with van der Waals surface area (Å²) in [7, 11) is 0. The number of hydrazone groups is 1. The molecule has 1 N–H and O–H groups in total. The molecule has 0 unspecified atom stereocenters. The zero-order valence-electron chi connectivity index (χ0n) is 11.9. The molecule has 1 heterocycles. The molecule has 0 saturated carbocycles. The summed E-state index contributed by atoms with van der Waals surface area (Å²) in [5.74, 6) is 0. The third-order valence-electron chi connectivity index (χ3n) is 3.06. The molecule has 24 heavy (non-hydrogen) atoms. The number of para-hydroxylation sites is 1. The predicted molar refractivity (Wildman–Crippen MR) is 90.6 cm³/mol. The standard InChI is InChI=1S/C14H9N5O4S/c20-18(21)9-5-6-10(12(7-9)19(22)23)17-15-8-14-16-11-3-1-2-4-13(11)24-14/h1-8,17H. The maximum absolute atomic E-state index is 11.0. The molecule has 0 aliphatic heterocycles. The average molecular weight is 343 g/mol. The van der Waals surface area contributed by atoms with E-state index in [1.165, 1.54) is 29.7 Å². The number of hydrogen-bond donors (Lipinski definition) is 1. The number of rotatable bonds is 5. The summed E-state index contributed by atoms with van der Waals surface area (Å²) >= 11 is 1.43. The van der Waals surface area contributed by atoms with Gasteiger partial charge in [-0.2, -0.15) is 5.10 Å². The number of non-ortho nitro benzene ring substituents is 1. The first-order valence-corrected chi connectivity index (χ1v) is 7.44. The van der Waals surface area contributed by atoms with Crippen molar-refractivity contribution in [1.29, 1.82) is 0 Å². The first kappa shape index (κ1) is 15.5. The first-order chi connectivity index (χ1) is 11.5. The van der Waals surface area contributed by atoms with Crippen LogP contribution in [0.4, 0.5) is 17.1 Å². The summed E-state index contributed by atoms with van der Waals surface area (Å²) in [6, 6.07) is 10.9. The minimum Gasteiger partial charge on any atom is -0.272 e. The van der Waals surface area contributed by atoms with Crippen molar-refractivity contribution in [3.63, 3.8) is 0 Å². The van der Waals surface area contributed by atoms with Crippen LogP contribution in [-0.4, -0.2) is 21.0 Å². The average Bonchev–Trinajstić information content (AvgIpc) is 2.97. The molecule has 0 amide bonds. The maximum Gasteiger partial charge on any atom is 0.301 e. The molecule has 9 nitrogen and oxygen atoms in total. The largest absolute Gasteiger partial charge is 0.301 e. The van der Waals surface area contributed by atoms with Crippen molar-refractivity contribution in [2.24, 2.45) is 5.10 Å². The van der Waals surface area contributed by atoms with Crippen LogP contribution in [0.5, 0.6) is 0 Å². The molecule has 3 aromatic rings. The lowest BCUT2D eigenvalue weighted by Crippen LogP contribution is -1.98. The van der Waals surface area contributed by atoms with Gasteiger partial charge in [0.25, 0.3) is 5.69 Å². The molecule has 0 aliphatic rings. The van der Waals surface area contributed by atoms with Crippen molar-refractivity contribution in [3.05, 3.63) is 67.7 Å². The van der Waals surface area contributed by atoms with Gasteiger partial charge in [0.05, 0.1) is 32.3 Å². The zero-order chi connectivity index (χ0) is 17.1. The van der Waals surface area contributed by atoms with E-state index in [9.17, 15) is 20.2 Å². The van der Waals surface area contributed by atoms with Gasteiger partial charge in [-0.3, -0.25) is 25.7 Å². The monoisotopic (exact) mass is 343 g/mol. The molecule has 120 valence electrons. The van der Waals surface area contributed by atoms with Gasteiger partial charge in [0, 0.05) is 6.07 Å². The van der Waals surface area contributed by atoms with Crippen LogP contribution in [0.3, 0.4) is 0 Å². The van der Waals surface area contributed by atoms with Crippen LogP contribution < -0.4 is 5.43 Å². The fraction of sp³-hybridized carbons (Fsp3) is 0. The number of fused-ring (bicyclic) bond motifs is 1. The van der Waals surface area contributed by atoms with Gasteiger partial charge in [-0.05, 0) is 18.2 Å². The lowest BCUT2D eigenvalue weighted by Gasteiger charge is -2.01. The van der Waals surface area contributed by atoms with Crippen molar-refractivity contribution >= 4 is 44.8 Å². The molecule has 0 saturated heterocycles. The molecule has 0 fully saturated rings. The Balaban J connectivity index is 1.82. The van der Waals surface area contributed by atoms with Crippen LogP contribution in [-0.2, 0) is 0 Å². The number of benzene rings is 2.